The van der Waals surface area contributed by atoms with Gasteiger partial charge in [-0.25, -0.2) is 0 Å². The molecule has 3 aromatic carbocycles. The van der Waals surface area contributed by atoms with E-state index in [-0.39, 0.29) is 17.1 Å². The second kappa shape index (κ2) is 8.37. The molecule has 5 aromatic rings. The molecule has 0 aliphatic carbocycles. The van der Waals surface area contributed by atoms with Gasteiger partial charge in [-0.2, -0.15) is 0 Å². The third kappa shape index (κ3) is 3.79. The highest BCUT2D eigenvalue weighted by atomic mass is 35.5. The van der Waals surface area contributed by atoms with Crippen molar-refractivity contribution in [3.63, 3.8) is 0 Å². The summed E-state index contributed by atoms with van der Waals surface area (Å²) in [5.41, 5.74) is 1.80. The summed E-state index contributed by atoms with van der Waals surface area (Å²) in [4.78, 5) is 28.3. The van der Waals surface area contributed by atoms with Crippen LogP contribution in [0.5, 0.6) is 5.88 Å². The fourth-order valence-electron chi connectivity index (χ4n) is 3.80. The number of amides is 1. The van der Waals surface area contributed by atoms with Gasteiger partial charge >= 0.3 is 5.91 Å². The summed E-state index contributed by atoms with van der Waals surface area (Å²) in [6, 6.07) is 21.7. The highest BCUT2D eigenvalue weighted by Crippen LogP contribution is 2.39. The van der Waals surface area contributed by atoms with Gasteiger partial charge in [-0.15, -0.1) is 10.2 Å². The van der Waals surface area contributed by atoms with Crippen LogP contribution in [0, 0.1) is 0 Å². The molecule has 5 rings (SSSR count). The van der Waals surface area contributed by atoms with Crippen molar-refractivity contribution in [2.75, 3.05) is 0 Å². The van der Waals surface area contributed by atoms with Crippen LogP contribution in [0.2, 0.25) is 5.02 Å². The Morgan fingerprint density at radius 2 is 1.76 bits per heavy atom. The van der Waals surface area contributed by atoms with Crippen molar-refractivity contribution < 1.29 is 9.90 Å². The van der Waals surface area contributed by atoms with E-state index < -0.39 is 11.3 Å². The fraction of sp³-hybridized carbons (Fsp3) is 0.0400. The number of benzene rings is 3. The lowest BCUT2D eigenvalue weighted by atomic mass is 10.1. The molecule has 0 atom stereocenters. The maximum Gasteiger partial charge on any atom is 0.300 e. The Morgan fingerprint density at radius 3 is 2.58 bits per heavy atom. The second-order valence-electron chi connectivity index (χ2n) is 7.49. The largest absolute Gasteiger partial charge is 0.493 e. The van der Waals surface area contributed by atoms with E-state index >= 15 is 0 Å². The Labute approximate surface area is 192 Å². The van der Waals surface area contributed by atoms with Gasteiger partial charge in [-0.1, -0.05) is 60.1 Å². The third-order valence-corrected chi connectivity index (χ3v) is 5.65. The minimum Gasteiger partial charge on any atom is -0.493 e. The molecular weight excluding hydrogens is 440 g/mol. The smallest absolute Gasteiger partial charge is 0.300 e. The van der Waals surface area contributed by atoms with E-state index in [9.17, 15) is 14.7 Å². The number of aromatic hydroxyl groups is 1. The van der Waals surface area contributed by atoms with Crippen LogP contribution in [0.4, 0.5) is 5.69 Å². The zero-order chi connectivity index (χ0) is 22.9. The quantitative estimate of drug-likeness (QED) is 0.333. The Kier molecular flexibility index (Phi) is 5.24. The molecule has 0 fully saturated rings. The molecule has 0 spiro atoms. The van der Waals surface area contributed by atoms with Gasteiger partial charge in [0.1, 0.15) is 5.56 Å². The van der Waals surface area contributed by atoms with Crippen molar-refractivity contribution in [2.45, 2.75) is 6.54 Å². The maximum atomic E-state index is 12.7. The average molecular weight is 457 g/mol. The normalized spacial score (nSPS) is 11.5. The van der Waals surface area contributed by atoms with Gasteiger partial charge in [0, 0.05) is 22.0 Å². The van der Waals surface area contributed by atoms with E-state index in [4.69, 9.17) is 11.6 Å². The molecule has 0 aliphatic heterocycles. The first kappa shape index (κ1) is 20.7. The van der Waals surface area contributed by atoms with Gasteiger partial charge in [0.2, 0.25) is 11.3 Å². The summed E-state index contributed by atoms with van der Waals surface area (Å²) in [6.07, 6.45) is 1.29. The SMILES string of the molecule is O=C(N=Nc1c(O)n(Cc2ccccc2)c2ccccc12)c1c[nH]c2cc(Cl)ccc2c1=O. The number of hydrogen-bond donors (Lipinski definition) is 2. The molecule has 1 amide bonds. The number of para-hydroxylation sites is 1. The van der Waals surface area contributed by atoms with E-state index in [1.54, 1.807) is 28.8 Å². The highest BCUT2D eigenvalue weighted by Gasteiger charge is 2.18. The summed E-state index contributed by atoms with van der Waals surface area (Å²) >= 11 is 5.96. The minimum atomic E-state index is -0.813. The van der Waals surface area contributed by atoms with Gasteiger partial charge in [0.05, 0.1) is 17.6 Å². The molecule has 0 bridgehead atoms. The molecule has 0 radical (unpaired) electrons. The minimum absolute atomic E-state index is 0.112. The molecule has 8 heteroatoms. The number of carbonyl (C=O) groups is 1. The van der Waals surface area contributed by atoms with E-state index in [1.165, 1.54) is 6.20 Å². The van der Waals surface area contributed by atoms with Crippen LogP contribution >= 0.6 is 11.6 Å². The first-order chi connectivity index (χ1) is 16.0. The van der Waals surface area contributed by atoms with Crippen molar-refractivity contribution in [1.29, 1.82) is 0 Å². The number of hydrogen-bond acceptors (Lipinski definition) is 4. The number of nitrogens with one attached hydrogen (secondary N) is 1. The summed E-state index contributed by atoms with van der Waals surface area (Å²) in [5, 5.41) is 20.1. The van der Waals surface area contributed by atoms with E-state index in [1.807, 2.05) is 48.5 Å². The highest BCUT2D eigenvalue weighted by molar-refractivity contribution is 6.31. The molecule has 33 heavy (non-hydrogen) atoms. The van der Waals surface area contributed by atoms with Crippen LogP contribution in [0.1, 0.15) is 15.9 Å². The lowest BCUT2D eigenvalue weighted by Crippen LogP contribution is -2.14. The second-order valence-corrected chi connectivity index (χ2v) is 7.92. The van der Waals surface area contributed by atoms with Gasteiger partial charge in [-0.05, 0) is 29.8 Å². The van der Waals surface area contributed by atoms with Crippen LogP contribution < -0.4 is 5.43 Å². The third-order valence-electron chi connectivity index (χ3n) is 5.42. The molecule has 0 aliphatic rings. The zero-order valence-electron chi connectivity index (χ0n) is 17.2. The number of azo groups is 1. The van der Waals surface area contributed by atoms with Crippen molar-refractivity contribution in [2.24, 2.45) is 10.2 Å². The monoisotopic (exact) mass is 456 g/mol. The topological polar surface area (TPSA) is 99.8 Å². The predicted molar refractivity (Wildman–Crippen MR) is 128 cm³/mol. The van der Waals surface area contributed by atoms with Gasteiger partial charge in [-0.3, -0.25) is 9.59 Å². The standard InChI is InChI=1S/C25H17ClN4O3/c26-16-10-11-17-20(12-16)27-13-19(23(17)31)24(32)29-28-22-18-8-4-5-9-21(18)30(25(22)33)14-15-6-2-1-3-7-15/h1-13,33H,14H2,(H,27,31). The van der Waals surface area contributed by atoms with E-state index in [0.29, 0.717) is 27.9 Å². The Balaban J connectivity index is 1.54. The molecule has 2 heterocycles. The van der Waals surface area contributed by atoms with E-state index in [2.05, 4.69) is 15.2 Å². The number of halogens is 1. The van der Waals surface area contributed by atoms with Gasteiger partial charge < -0.3 is 14.7 Å². The number of carbonyl (C=O) groups excluding carboxylic acids is 1. The van der Waals surface area contributed by atoms with Crippen LogP contribution in [0.15, 0.2) is 94.0 Å². The van der Waals surface area contributed by atoms with E-state index in [0.717, 1.165) is 11.1 Å². The summed E-state index contributed by atoms with van der Waals surface area (Å²) < 4.78 is 1.70. The molecular formula is C25H17ClN4O3. The van der Waals surface area contributed by atoms with Crippen molar-refractivity contribution in [1.82, 2.24) is 9.55 Å². The average Bonchev–Trinajstić information content (AvgIpc) is 3.09. The molecule has 0 unspecified atom stereocenters. The first-order valence-corrected chi connectivity index (χ1v) is 10.5. The molecule has 162 valence electrons. The lowest BCUT2D eigenvalue weighted by Gasteiger charge is -2.06. The predicted octanol–water partition coefficient (Wildman–Crippen LogP) is 5.81. The number of nitrogens with zero attached hydrogens (tertiary/aromatic N) is 3. The Hall–Kier alpha value is -4.23. The lowest BCUT2D eigenvalue weighted by molar-refractivity contribution is 0.0994. The number of H-pyrrole nitrogens is 1. The van der Waals surface area contributed by atoms with Gasteiger partial charge in [0.25, 0.3) is 0 Å². The van der Waals surface area contributed by atoms with Crippen molar-refractivity contribution in [3.8, 4) is 5.88 Å². The number of rotatable bonds is 4. The van der Waals surface area contributed by atoms with Crippen LogP contribution in [-0.4, -0.2) is 20.6 Å². The zero-order valence-corrected chi connectivity index (χ0v) is 18.0. The molecule has 2 aromatic heterocycles. The maximum absolute atomic E-state index is 12.7. The summed E-state index contributed by atoms with van der Waals surface area (Å²) in [5.74, 6) is -0.925. The first-order valence-electron chi connectivity index (χ1n) is 10.1. The Morgan fingerprint density at radius 1 is 1.00 bits per heavy atom. The number of pyridine rings is 1. The fourth-order valence-corrected chi connectivity index (χ4v) is 3.97. The van der Waals surface area contributed by atoms with Gasteiger partial charge in [0.15, 0.2) is 5.69 Å². The van der Waals surface area contributed by atoms with Crippen LogP contribution in [0.3, 0.4) is 0 Å². The van der Waals surface area contributed by atoms with Crippen molar-refractivity contribution >= 4 is 45.0 Å². The van der Waals surface area contributed by atoms with Crippen LogP contribution in [0.25, 0.3) is 21.8 Å². The summed E-state index contributed by atoms with van der Waals surface area (Å²) in [6.45, 7) is 0.420. The molecule has 7 nitrogen and oxygen atoms in total. The molecule has 0 saturated carbocycles. The summed E-state index contributed by atoms with van der Waals surface area (Å²) in [7, 11) is 0. The van der Waals surface area contributed by atoms with Crippen molar-refractivity contribution in [3.05, 3.63) is 105 Å². The number of aromatic nitrogens is 2. The number of fused-ring (bicyclic) bond motifs is 2. The number of aromatic amines is 1. The van der Waals surface area contributed by atoms with Crippen LogP contribution in [-0.2, 0) is 6.54 Å². The molecule has 2 N–H and O–H groups in total. The molecule has 0 saturated heterocycles. The Bertz CT molecular complexity index is 1600.